The monoisotopic (exact) mass is 262 g/mol. The van der Waals surface area contributed by atoms with Crippen LogP contribution in [0.1, 0.15) is 37.2 Å². The normalized spacial score (nSPS) is 23.3. The Morgan fingerprint density at radius 2 is 2.17 bits per heavy atom. The first-order valence-electron chi connectivity index (χ1n) is 6.73. The standard InChI is InChI=1S/C15H19ClN2/c1-10-8-12(9-10)18-14(6-7-16)17-13-5-3-4-11(2)15(13)18/h3-5,10,12H,6-9H2,1-2H3. The Balaban J connectivity index is 2.15. The molecule has 1 saturated carbocycles. The van der Waals surface area contributed by atoms with Crippen LogP contribution in [0.15, 0.2) is 18.2 Å². The van der Waals surface area contributed by atoms with E-state index >= 15 is 0 Å². The van der Waals surface area contributed by atoms with Crippen molar-refractivity contribution in [1.29, 1.82) is 0 Å². The Kier molecular flexibility index (Phi) is 3.06. The van der Waals surface area contributed by atoms with Gasteiger partial charge in [-0.1, -0.05) is 19.1 Å². The lowest BCUT2D eigenvalue weighted by atomic mass is 9.81. The fourth-order valence-corrected chi connectivity index (χ4v) is 3.26. The molecule has 2 aromatic rings. The van der Waals surface area contributed by atoms with Gasteiger partial charge in [-0.3, -0.25) is 0 Å². The highest BCUT2D eigenvalue weighted by Crippen LogP contribution is 2.40. The second kappa shape index (κ2) is 4.58. The fraction of sp³-hybridized carbons (Fsp3) is 0.533. The first-order valence-corrected chi connectivity index (χ1v) is 7.26. The van der Waals surface area contributed by atoms with Crippen molar-refractivity contribution in [3.05, 3.63) is 29.6 Å². The number of aryl methyl sites for hydroxylation is 2. The van der Waals surface area contributed by atoms with Crippen LogP contribution in [-0.2, 0) is 6.42 Å². The molecule has 18 heavy (non-hydrogen) atoms. The van der Waals surface area contributed by atoms with Crippen LogP contribution in [-0.4, -0.2) is 15.4 Å². The summed E-state index contributed by atoms with van der Waals surface area (Å²) in [5.74, 6) is 2.65. The summed E-state index contributed by atoms with van der Waals surface area (Å²) >= 11 is 5.92. The minimum atomic E-state index is 0.629. The molecule has 0 N–H and O–H groups in total. The van der Waals surface area contributed by atoms with Crippen molar-refractivity contribution in [1.82, 2.24) is 9.55 Å². The summed E-state index contributed by atoms with van der Waals surface area (Å²) in [5, 5.41) is 0. The van der Waals surface area contributed by atoms with Crippen LogP contribution < -0.4 is 0 Å². The van der Waals surface area contributed by atoms with Crippen molar-refractivity contribution in [2.24, 2.45) is 5.92 Å². The fourth-order valence-electron chi connectivity index (χ4n) is 3.09. The molecule has 0 atom stereocenters. The molecule has 1 aromatic heterocycles. The van der Waals surface area contributed by atoms with Gasteiger partial charge in [-0.15, -0.1) is 11.6 Å². The smallest absolute Gasteiger partial charge is 0.111 e. The van der Waals surface area contributed by atoms with Crippen LogP contribution in [0, 0.1) is 12.8 Å². The first kappa shape index (κ1) is 12.0. The Morgan fingerprint density at radius 3 is 2.83 bits per heavy atom. The molecular weight excluding hydrogens is 244 g/mol. The Labute approximate surface area is 113 Å². The number of halogens is 1. The highest BCUT2D eigenvalue weighted by Gasteiger charge is 2.30. The van der Waals surface area contributed by atoms with Crippen LogP contribution in [0.25, 0.3) is 11.0 Å². The van der Waals surface area contributed by atoms with Crippen molar-refractivity contribution in [2.45, 2.75) is 39.2 Å². The first-order chi connectivity index (χ1) is 8.70. The minimum absolute atomic E-state index is 0.629. The van der Waals surface area contributed by atoms with Crippen molar-refractivity contribution >= 4 is 22.6 Å². The average Bonchev–Trinajstić information content (AvgIpc) is 2.65. The van der Waals surface area contributed by atoms with E-state index < -0.39 is 0 Å². The van der Waals surface area contributed by atoms with Crippen molar-refractivity contribution in [3.8, 4) is 0 Å². The number of para-hydroxylation sites is 1. The molecule has 0 spiro atoms. The summed E-state index contributed by atoms with van der Waals surface area (Å²) in [4.78, 5) is 4.77. The molecule has 0 unspecified atom stereocenters. The number of fused-ring (bicyclic) bond motifs is 1. The molecule has 0 amide bonds. The zero-order valence-electron chi connectivity index (χ0n) is 11.0. The molecular formula is C15H19ClN2. The number of alkyl halides is 1. The third kappa shape index (κ3) is 1.83. The predicted octanol–water partition coefficient (Wildman–Crippen LogP) is 4.10. The maximum Gasteiger partial charge on any atom is 0.111 e. The molecule has 3 heteroatoms. The van der Waals surface area contributed by atoms with Gasteiger partial charge in [-0.2, -0.15) is 0 Å². The largest absolute Gasteiger partial charge is 0.325 e. The maximum atomic E-state index is 5.92. The van der Waals surface area contributed by atoms with E-state index in [0.717, 1.165) is 23.7 Å². The molecule has 1 heterocycles. The molecule has 1 fully saturated rings. The van der Waals surface area contributed by atoms with Crippen LogP contribution in [0.4, 0.5) is 0 Å². The van der Waals surface area contributed by atoms with E-state index in [2.05, 4.69) is 36.6 Å². The highest BCUT2D eigenvalue weighted by atomic mass is 35.5. The van der Waals surface area contributed by atoms with Gasteiger partial charge in [0.15, 0.2) is 0 Å². The van der Waals surface area contributed by atoms with Gasteiger partial charge in [-0.05, 0) is 37.3 Å². The lowest BCUT2D eigenvalue weighted by Crippen LogP contribution is -2.26. The third-order valence-corrected chi connectivity index (χ3v) is 4.21. The summed E-state index contributed by atoms with van der Waals surface area (Å²) in [7, 11) is 0. The quantitative estimate of drug-likeness (QED) is 0.762. The lowest BCUT2D eigenvalue weighted by molar-refractivity contribution is 0.216. The summed E-state index contributed by atoms with van der Waals surface area (Å²) in [6.45, 7) is 4.50. The van der Waals surface area contributed by atoms with E-state index in [1.807, 2.05) is 0 Å². The molecule has 96 valence electrons. The Morgan fingerprint density at radius 1 is 1.39 bits per heavy atom. The molecule has 1 aromatic carbocycles. The van der Waals surface area contributed by atoms with Gasteiger partial charge < -0.3 is 4.57 Å². The molecule has 2 nitrogen and oxygen atoms in total. The van der Waals surface area contributed by atoms with E-state index in [9.17, 15) is 0 Å². The lowest BCUT2D eigenvalue weighted by Gasteiger charge is -2.35. The SMILES string of the molecule is Cc1cccc2nc(CCCl)n(C3CC(C)C3)c12. The van der Waals surface area contributed by atoms with E-state index in [-0.39, 0.29) is 0 Å². The summed E-state index contributed by atoms with van der Waals surface area (Å²) < 4.78 is 2.45. The number of rotatable bonds is 3. The molecule has 0 aliphatic heterocycles. The zero-order valence-corrected chi connectivity index (χ0v) is 11.7. The van der Waals surface area contributed by atoms with Crippen molar-refractivity contribution in [3.63, 3.8) is 0 Å². The van der Waals surface area contributed by atoms with Gasteiger partial charge in [0.1, 0.15) is 5.82 Å². The Bertz CT molecular complexity index is 567. The summed E-state index contributed by atoms with van der Waals surface area (Å²) in [5.41, 5.74) is 3.75. The number of imidazole rings is 1. The van der Waals surface area contributed by atoms with E-state index in [1.165, 1.54) is 23.9 Å². The number of hydrogen-bond acceptors (Lipinski definition) is 1. The molecule has 1 aliphatic rings. The number of hydrogen-bond donors (Lipinski definition) is 0. The van der Waals surface area contributed by atoms with E-state index in [1.54, 1.807) is 0 Å². The topological polar surface area (TPSA) is 17.8 Å². The van der Waals surface area contributed by atoms with Gasteiger partial charge >= 0.3 is 0 Å². The van der Waals surface area contributed by atoms with Gasteiger partial charge in [0, 0.05) is 18.3 Å². The average molecular weight is 263 g/mol. The van der Waals surface area contributed by atoms with E-state index in [4.69, 9.17) is 16.6 Å². The molecule has 1 aliphatic carbocycles. The van der Waals surface area contributed by atoms with Crippen molar-refractivity contribution in [2.75, 3.05) is 5.88 Å². The van der Waals surface area contributed by atoms with E-state index in [0.29, 0.717) is 11.9 Å². The molecule has 0 saturated heterocycles. The number of benzene rings is 1. The number of nitrogens with zero attached hydrogens (tertiary/aromatic N) is 2. The third-order valence-electron chi connectivity index (χ3n) is 4.02. The molecule has 3 rings (SSSR count). The minimum Gasteiger partial charge on any atom is -0.325 e. The zero-order chi connectivity index (χ0) is 12.7. The summed E-state index contributed by atoms with van der Waals surface area (Å²) in [6, 6.07) is 7.00. The summed E-state index contributed by atoms with van der Waals surface area (Å²) in [6.07, 6.45) is 3.41. The van der Waals surface area contributed by atoms with Crippen LogP contribution >= 0.6 is 11.6 Å². The van der Waals surface area contributed by atoms with Crippen LogP contribution in [0.3, 0.4) is 0 Å². The van der Waals surface area contributed by atoms with Crippen LogP contribution in [0.5, 0.6) is 0 Å². The van der Waals surface area contributed by atoms with Gasteiger partial charge in [0.2, 0.25) is 0 Å². The van der Waals surface area contributed by atoms with Gasteiger partial charge in [-0.25, -0.2) is 4.98 Å². The second-order valence-corrected chi connectivity index (χ2v) is 5.89. The molecule has 0 radical (unpaired) electrons. The van der Waals surface area contributed by atoms with Crippen molar-refractivity contribution < 1.29 is 0 Å². The number of aromatic nitrogens is 2. The van der Waals surface area contributed by atoms with Gasteiger partial charge in [0.25, 0.3) is 0 Å². The molecule has 0 bridgehead atoms. The van der Waals surface area contributed by atoms with Crippen LogP contribution in [0.2, 0.25) is 0 Å². The predicted molar refractivity (Wildman–Crippen MR) is 76.3 cm³/mol. The maximum absolute atomic E-state index is 5.92. The highest BCUT2D eigenvalue weighted by molar-refractivity contribution is 6.17. The second-order valence-electron chi connectivity index (χ2n) is 5.51. The van der Waals surface area contributed by atoms with Gasteiger partial charge in [0.05, 0.1) is 11.0 Å². The Hall–Kier alpha value is -1.02.